The second-order valence-electron chi connectivity index (χ2n) is 5.09. The highest BCUT2D eigenvalue weighted by molar-refractivity contribution is 5.15. The number of nitrogens with zero attached hydrogens (tertiary/aromatic N) is 1. The molecule has 1 atom stereocenters. The Labute approximate surface area is 105 Å². The van der Waals surface area contributed by atoms with Gasteiger partial charge in [0.25, 0.3) is 0 Å². The molecular weight excluding hydrogens is 212 g/mol. The molecule has 1 aromatic rings. The van der Waals surface area contributed by atoms with Gasteiger partial charge in [-0.2, -0.15) is 0 Å². The van der Waals surface area contributed by atoms with E-state index in [4.69, 9.17) is 10.8 Å². The first kappa shape index (κ1) is 14.3. The van der Waals surface area contributed by atoms with Crippen LogP contribution in [0.2, 0.25) is 0 Å². The maximum Gasteiger partial charge on any atom is 0.0431 e. The fraction of sp³-hybridized carbons (Fsp3) is 0.714. The van der Waals surface area contributed by atoms with Gasteiger partial charge in [-0.05, 0) is 30.4 Å². The number of aromatic nitrogens is 1. The first-order valence-electron chi connectivity index (χ1n) is 6.67. The molecule has 98 valence electrons. The molecule has 17 heavy (non-hydrogen) atoms. The third-order valence-corrected chi connectivity index (χ3v) is 3.20. The molecule has 0 fully saturated rings. The molecule has 0 amide bonds. The monoisotopic (exact) mass is 238 g/mol. The average molecular weight is 238 g/mol. The van der Waals surface area contributed by atoms with Crippen LogP contribution in [0.1, 0.15) is 51.1 Å². The highest BCUT2D eigenvalue weighted by Crippen LogP contribution is 2.19. The molecule has 3 nitrogen and oxygen atoms in total. The second kappa shape index (κ2) is 7.51. The first-order chi connectivity index (χ1) is 8.15. The summed E-state index contributed by atoms with van der Waals surface area (Å²) < 4.78 is 2.22. The number of aliphatic hydroxyl groups is 1. The van der Waals surface area contributed by atoms with Gasteiger partial charge in [0.1, 0.15) is 0 Å². The van der Waals surface area contributed by atoms with Gasteiger partial charge in [0.15, 0.2) is 0 Å². The summed E-state index contributed by atoms with van der Waals surface area (Å²) in [5.74, 6) is 0.482. The Morgan fingerprint density at radius 1 is 1.24 bits per heavy atom. The minimum Gasteiger partial charge on any atom is -0.396 e. The van der Waals surface area contributed by atoms with E-state index < -0.39 is 0 Å². The molecule has 1 aromatic heterocycles. The SMILES string of the molecule is CC(C)C(N)c1ccn(CCCCCCO)c1. The molecule has 3 heteroatoms. The Morgan fingerprint density at radius 2 is 1.94 bits per heavy atom. The van der Waals surface area contributed by atoms with Gasteiger partial charge in [-0.25, -0.2) is 0 Å². The van der Waals surface area contributed by atoms with Gasteiger partial charge in [-0.1, -0.05) is 26.7 Å². The molecule has 3 N–H and O–H groups in total. The van der Waals surface area contributed by atoms with Crippen LogP contribution in [-0.2, 0) is 6.54 Å². The maximum atomic E-state index is 8.68. The van der Waals surface area contributed by atoms with Gasteiger partial charge in [0.05, 0.1) is 0 Å². The Hall–Kier alpha value is -0.800. The van der Waals surface area contributed by atoms with Gasteiger partial charge in [-0.3, -0.25) is 0 Å². The first-order valence-corrected chi connectivity index (χ1v) is 6.67. The lowest BCUT2D eigenvalue weighted by Gasteiger charge is -2.13. The minimum absolute atomic E-state index is 0.144. The molecule has 0 aliphatic rings. The summed E-state index contributed by atoms with van der Waals surface area (Å²) in [6.45, 7) is 5.67. The Balaban J connectivity index is 2.31. The van der Waals surface area contributed by atoms with Crippen molar-refractivity contribution in [1.82, 2.24) is 4.57 Å². The minimum atomic E-state index is 0.144. The molecule has 1 unspecified atom stereocenters. The molecule has 0 spiro atoms. The van der Waals surface area contributed by atoms with Crippen molar-refractivity contribution in [3.8, 4) is 0 Å². The number of aryl methyl sites for hydroxylation is 1. The topological polar surface area (TPSA) is 51.2 Å². The zero-order valence-electron chi connectivity index (χ0n) is 11.1. The predicted octanol–water partition coefficient (Wildman–Crippen LogP) is 2.70. The lowest BCUT2D eigenvalue weighted by molar-refractivity contribution is 0.282. The lowest BCUT2D eigenvalue weighted by atomic mass is 10.00. The van der Waals surface area contributed by atoms with E-state index in [0.717, 1.165) is 19.4 Å². The van der Waals surface area contributed by atoms with E-state index >= 15 is 0 Å². The zero-order valence-corrected chi connectivity index (χ0v) is 11.1. The van der Waals surface area contributed by atoms with E-state index in [1.165, 1.54) is 18.4 Å². The van der Waals surface area contributed by atoms with E-state index in [2.05, 4.69) is 36.9 Å². The van der Waals surface area contributed by atoms with Crippen molar-refractivity contribution in [3.63, 3.8) is 0 Å². The molecular formula is C14H26N2O. The maximum absolute atomic E-state index is 8.68. The van der Waals surface area contributed by atoms with Gasteiger partial charge in [0, 0.05) is 31.6 Å². The number of aliphatic hydroxyl groups excluding tert-OH is 1. The van der Waals surface area contributed by atoms with Crippen molar-refractivity contribution >= 4 is 0 Å². The highest BCUT2D eigenvalue weighted by atomic mass is 16.2. The van der Waals surface area contributed by atoms with Crippen molar-refractivity contribution in [2.45, 2.75) is 52.1 Å². The zero-order chi connectivity index (χ0) is 12.7. The standard InChI is InChI=1S/C14H26N2O/c1-12(2)14(15)13-7-9-16(11-13)8-5-3-4-6-10-17/h7,9,11-12,14,17H,3-6,8,10,15H2,1-2H3. The summed E-state index contributed by atoms with van der Waals surface area (Å²) in [6, 6.07) is 2.27. The largest absolute Gasteiger partial charge is 0.396 e. The van der Waals surface area contributed by atoms with E-state index in [-0.39, 0.29) is 6.04 Å². The van der Waals surface area contributed by atoms with E-state index in [0.29, 0.717) is 12.5 Å². The normalized spacial score (nSPS) is 13.2. The van der Waals surface area contributed by atoms with Crippen molar-refractivity contribution in [2.75, 3.05) is 6.61 Å². The number of rotatable bonds is 8. The summed E-state index contributed by atoms with van der Waals surface area (Å²) in [7, 11) is 0. The second-order valence-corrected chi connectivity index (χ2v) is 5.09. The third-order valence-electron chi connectivity index (χ3n) is 3.20. The van der Waals surface area contributed by atoms with Gasteiger partial charge in [-0.15, -0.1) is 0 Å². The van der Waals surface area contributed by atoms with Crippen LogP contribution in [0.4, 0.5) is 0 Å². The Morgan fingerprint density at radius 3 is 2.59 bits per heavy atom. The Bertz CT molecular complexity index is 307. The summed E-state index contributed by atoms with van der Waals surface area (Å²) in [4.78, 5) is 0. The van der Waals surface area contributed by atoms with Crippen LogP contribution in [-0.4, -0.2) is 16.3 Å². The van der Waals surface area contributed by atoms with Gasteiger partial charge >= 0.3 is 0 Å². The summed E-state index contributed by atoms with van der Waals surface area (Å²) >= 11 is 0. The predicted molar refractivity (Wildman–Crippen MR) is 71.8 cm³/mol. The van der Waals surface area contributed by atoms with Crippen molar-refractivity contribution < 1.29 is 5.11 Å². The third kappa shape index (κ3) is 4.92. The van der Waals surface area contributed by atoms with Crippen LogP contribution >= 0.6 is 0 Å². The molecule has 0 aromatic carbocycles. The number of unbranched alkanes of at least 4 members (excludes halogenated alkanes) is 3. The van der Waals surface area contributed by atoms with Crippen molar-refractivity contribution in [1.29, 1.82) is 0 Å². The molecule has 0 aliphatic carbocycles. The number of hydrogen-bond acceptors (Lipinski definition) is 2. The van der Waals surface area contributed by atoms with Crippen LogP contribution in [0.25, 0.3) is 0 Å². The smallest absolute Gasteiger partial charge is 0.0431 e. The molecule has 0 saturated carbocycles. The van der Waals surface area contributed by atoms with Crippen LogP contribution in [0, 0.1) is 5.92 Å². The molecule has 0 radical (unpaired) electrons. The van der Waals surface area contributed by atoms with Gasteiger partial charge in [0.2, 0.25) is 0 Å². The molecule has 0 bridgehead atoms. The number of nitrogens with two attached hydrogens (primary N) is 1. The molecule has 1 heterocycles. The summed E-state index contributed by atoms with van der Waals surface area (Å²) in [5, 5.41) is 8.68. The Kier molecular flexibility index (Phi) is 6.30. The van der Waals surface area contributed by atoms with E-state index in [9.17, 15) is 0 Å². The fourth-order valence-corrected chi connectivity index (χ4v) is 1.94. The fourth-order valence-electron chi connectivity index (χ4n) is 1.94. The lowest BCUT2D eigenvalue weighted by Crippen LogP contribution is -2.15. The van der Waals surface area contributed by atoms with E-state index in [1.54, 1.807) is 0 Å². The van der Waals surface area contributed by atoms with E-state index in [1.807, 2.05) is 0 Å². The van der Waals surface area contributed by atoms with Gasteiger partial charge < -0.3 is 15.4 Å². The van der Waals surface area contributed by atoms with Crippen LogP contribution in [0.5, 0.6) is 0 Å². The number of hydrogen-bond donors (Lipinski definition) is 2. The molecule has 1 rings (SSSR count). The molecule has 0 saturated heterocycles. The van der Waals surface area contributed by atoms with Crippen LogP contribution in [0.3, 0.4) is 0 Å². The summed E-state index contributed by atoms with van der Waals surface area (Å²) in [6.07, 6.45) is 8.68. The highest BCUT2D eigenvalue weighted by Gasteiger charge is 2.11. The van der Waals surface area contributed by atoms with Crippen LogP contribution in [0.15, 0.2) is 18.5 Å². The summed E-state index contributed by atoms with van der Waals surface area (Å²) in [5.41, 5.74) is 7.34. The van der Waals surface area contributed by atoms with Crippen LogP contribution < -0.4 is 5.73 Å². The average Bonchev–Trinajstić information content (AvgIpc) is 2.76. The molecule has 0 aliphatic heterocycles. The quantitative estimate of drug-likeness (QED) is 0.684. The van der Waals surface area contributed by atoms with Crippen molar-refractivity contribution in [2.24, 2.45) is 11.7 Å². The van der Waals surface area contributed by atoms with Crippen molar-refractivity contribution in [3.05, 3.63) is 24.0 Å².